The van der Waals surface area contributed by atoms with Gasteiger partial charge in [-0.25, -0.2) is 0 Å². The first-order valence-electron chi connectivity index (χ1n) is 18.3. The van der Waals surface area contributed by atoms with E-state index in [1.54, 1.807) is 0 Å². The number of hydrogen-bond acceptors (Lipinski definition) is 0. The lowest BCUT2D eigenvalue weighted by Crippen LogP contribution is -2.00. The van der Waals surface area contributed by atoms with Crippen LogP contribution in [-0.4, -0.2) is 0 Å². The van der Waals surface area contributed by atoms with Crippen LogP contribution in [0.1, 0.15) is 44.5 Å². The molecule has 0 spiro atoms. The minimum absolute atomic E-state index is 1.06. The fourth-order valence-electron chi connectivity index (χ4n) is 8.79. The third kappa shape index (κ3) is 6.41. The summed E-state index contributed by atoms with van der Waals surface area (Å²) in [6.45, 7) is 17.7. The second-order valence-corrected chi connectivity index (χ2v) is 18.6. The Hall–Kier alpha value is -3.54. The number of fused-ring (bicyclic) bond motifs is 3. The van der Waals surface area contributed by atoms with Crippen molar-refractivity contribution in [2.24, 2.45) is 0 Å². The van der Waals surface area contributed by atoms with E-state index in [1.165, 1.54) is 121 Å². The van der Waals surface area contributed by atoms with Gasteiger partial charge in [0.1, 0.15) is 0 Å². The van der Waals surface area contributed by atoms with E-state index in [4.69, 9.17) is 0 Å². The SMILES string of the molecule is Cc1cc(C)cc(-c2c3ccc(Br)cc3c(-c3cc(C)c(Br)c(C)c3)c3c(-c4cc(C)c(Br)c(C)c4)c4ccc(Br)cc4c(-c4cc(C)cc(C)c4)c23)c1. The van der Waals surface area contributed by atoms with E-state index >= 15 is 0 Å². The number of rotatable bonds is 4. The van der Waals surface area contributed by atoms with Gasteiger partial charge in [0.25, 0.3) is 0 Å². The van der Waals surface area contributed by atoms with Crippen LogP contribution in [0.15, 0.2) is 115 Å². The summed E-state index contributed by atoms with van der Waals surface area (Å²) in [4.78, 5) is 0. The minimum Gasteiger partial charge on any atom is -0.0563 e. The van der Waals surface area contributed by atoms with Crippen LogP contribution in [0.2, 0.25) is 0 Å². The predicted octanol–water partition coefficient (Wildman–Crippen LogP) is 17.3. The lowest BCUT2D eigenvalue weighted by atomic mass is 9.77. The average Bonchev–Trinajstić information content (AvgIpc) is 3.09. The molecule has 54 heavy (non-hydrogen) atoms. The third-order valence-corrected chi connectivity index (χ3v) is 14.2. The molecular weight excluding hydrogens is 920 g/mol. The number of benzene rings is 8. The summed E-state index contributed by atoms with van der Waals surface area (Å²) >= 11 is 15.7. The molecule has 0 aliphatic heterocycles. The highest BCUT2D eigenvalue weighted by Gasteiger charge is 2.27. The average molecular weight is 960 g/mol. The standard InChI is InChI=1S/C50H40Br4/c1-25-13-26(2)16-33(15-25)43-39-11-9-38(52)24-42(39)46(36-21-31(7)50(54)32(8)22-36)48-44(35-19-29(5)49(53)30(6)20-35)40-12-10-37(51)23-41(40)45(47(43)48)34-17-27(3)14-28(4)18-34/h9-24H,1-8H3. The van der Waals surface area contributed by atoms with Crippen molar-refractivity contribution in [3.63, 3.8) is 0 Å². The Balaban J connectivity index is 1.81. The molecule has 8 aromatic carbocycles. The maximum absolute atomic E-state index is 3.94. The van der Waals surface area contributed by atoms with Crippen LogP contribution >= 0.6 is 63.7 Å². The van der Waals surface area contributed by atoms with Crippen molar-refractivity contribution >= 4 is 96.0 Å². The molecule has 0 aromatic heterocycles. The molecule has 0 aliphatic rings. The Morgan fingerprint density at radius 1 is 0.296 bits per heavy atom. The van der Waals surface area contributed by atoms with E-state index in [9.17, 15) is 0 Å². The molecule has 0 radical (unpaired) electrons. The van der Waals surface area contributed by atoms with Crippen LogP contribution in [0, 0.1) is 55.4 Å². The van der Waals surface area contributed by atoms with Gasteiger partial charge in [-0.1, -0.05) is 159 Å². The van der Waals surface area contributed by atoms with Gasteiger partial charge in [0.05, 0.1) is 0 Å². The molecule has 0 unspecified atom stereocenters. The molecule has 0 fully saturated rings. The van der Waals surface area contributed by atoms with Gasteiger partial charge in [-0.05, 0) is 179 Å². The van der Waals surface area contributed by atoms with Gasteiger partial charge in [-0.3, -0.25) is 0 Å². The predicted molar refractivity (Wildman–Crippen MR) is 249 cm³/mol. The maximum Gasteiger partial charge on any atom is 0.0234 e. The molecule has 0 N–H and O–H groups in total. The summed E-state index contributed by atoms with van der Waals surface area (Å²) in [5, 5.41) is 7.45. The van der Waals surface area contributed by atoms with Crippen LogP contribution in [0.4, 0.5) is 0 Å². The maximum atomic E-state index is 3.94. The van der Waals surface area contributed by atoms with Crippen LogP contribution in [0.25, 0.3) is 76.8 Å². The van der Waals surface area contributed by atoms with Gasteiger partial charge in [-0.2, -0.15) is 0 Å². The second-order valence-electron chi connectivity index (χ2n) is 15.2. The Morgan fingerprint density at radius 2 is 0.574 bits per heavy atom. The van der Waals surface area contributed by atoms with Gasteiger partial charge in [0.15, 0.2) is 0 Å². The van der Waals surface area contributed by atoms with Crippen molar-refractivity contribution in [2.45, 2.75) is 55.4 Å². The fourth-order valence-corrected chi connectivity index (χ4v) is 9.97. The van der Waals surface area contributed by atoms with Crippen LogP contribution in [0.3, 0.4) is 0 Å². The molecule has 0 atom stereocenters. The quantitative estimate of drug-likeness (QED) is 0.154. The first-order valence-corrected chi connectivity index (χ1v) is 21.4. The van der Waals surface area contributed by atoms with E-state index in [1.807, 2.05) is 0 Å². The van der Waals surface area contributed by atoms with Crippen LogP contribution in [0.5, 0.6) is 0 Å². The zero-order chi connectivity index (χ0) is 38.3. The van der Waals surface area contributed by atoms with Gasteiger partial charge in [0.2, 0.25) is 0 Å². The van der Waals surface area contributed by atoms with Crippen molar-refractivity contribution in [3.8, 4) is 44.5 Å². The minimum atomic E-state index is 1.06. The van der Waals surface area contributed by atoms with Crippen molar-refractivity contribution in [1.82, 2.24) is 0 Å². The van der Waals surface area contributed by atoms with Gasteiger partial charge >= 0.3 is 0 Å². The molecule has 8 rings (SSSR count). The van der Waals surface area contributed by atoms with E-state index < -0.39 is 0 Å². The normalized spacial score (nSPS) is 11.7. The van der Waals surface area contributed by atoms with E-state index in [2.05, 4.69) is 216 Å². The number of halogens is 4. The molecule has 0 saturated carbocycles. The molecule has 0 amide bonds. The van der Waals surface area contributed by atoms with Crippen LogP contribution in [-0.2, 0) is 0 Å². The Kier molecular flexibility index (Phi) is 9.83. The van der Waals surface area contributed by atoms with Gasteiger partial charge < -0.3 is 0 Å². The van der Waals surface area contributed by atoms with Gasteiger partial charge in [0, 0.05) is 17.9 Å². The Bertz CT molecular complexity index is 2810. The largest absolute Gasteiger partial charge is 0.0563 e. The van der Waals surface area contributed by atoms with E-state index in [-0.39, 0.29) is 0 Å². The summed E-state index contributed by atoms with van der Waals surface area (Å²) in [6, 6.07) is 37.3. The Morgan fingerprint density at radius 3 is 0.889 bits per heavy atom. The zero-order valence-corrected chi connectivity index (χ0v) is 38.1. The molecule has 0 nitrogen and oxygen atoms in total. The highest BCUT2D eigenvalue weighted by molar-refractivity contribution is 9.11. The molecule has 0 aliphatic carbocycles. The summed E-state index contributed by atoms with van der Waals surface area (Å²) < 4.78 is 4.42. The van der Waals surface area contributed by atoms with Crippen molar-refractivity contribution in [1.29, 1.82) is 0 Å². The van der Waals surface area contributed by atoms with E-state index in [0.717, 1.165) is 17.9 Å². The molecule has 8 aromatic rings. The monoisotopic (exact) mass is 956 g/mol. The molecule has 0 heterocycles. The molecule has 4 heteroatoms. The lowest BCUT2D eigenvalue weighted by Gasteiger charge is -2.26. The highest BCUT2D eigenvalue weighted by Crippen LogP contribution is 2.55. The second kappa shape index (κ2) is 14.2. The highest BCUT2D eigenvalue weighted by atomic mass is 79.9. The summed E-state index contributed by atoms with van der Waals surface area (Å²) in [5.41, 5.74) is 19.8. The first kappa shape index (κ1) is 37.4. The Labute approximate surface area is 352 Å². The molecule has 268 valence electrons. The fraction of sp³-hybridized carbons (Fsp3) is 0.160. The van der Waals surface area contributed by atoms with E-state index in [0.29, 0.717) is 0 Å². The lowest BCUT2D eigenvalue weighted by molar-refractivity contribution is 1.34. The summed E-state index contributed by atoms with van der Waals surface area (Å²) in [6.07, 6.45) is 0. The molecular formula is C50H40Br4. The molecule has 0 saturated heterocycles. The van der Waals surface area contributed by atoms with Gasteiger partial charge in [-0.15, -0.1) is 0 Å². The van der Waals surface area contributed by atoms with Crippen molar-refractivity contribution in [3.05, 3.63) is 159 Å². The number of hydrogen-bond donors (Lipinski definition) is 0. The van der Waals surface area contributed by atoms with Crippen molar-refractivity contribution in [2.75, 3.05) is 0 Å². The number of aryl methyl sites for hydroxylation is 8. The van der Waals surface area contributed by atoms with Crippen LogP contribution < -0.4 is 0 Å². The third-order valence-electron chi connectivity index (χ3n) is 10.8. The van der Waals surface area contributed by atoms with Crippen molar-refractivity contribution < 1.29 is 0 Å². The first-order chi connectivity index (χ1) is 25.7. The summed E-state index contributed by atoms with van der Waals surface area (Å²) in [5.74, 6) is 0. The smallest absolute Gasteiger partial charge is 0.0234 e. The topological polar surface area (TPSA) is 0 Å². The zero-order valence-electron chi connectivity index (χ0n) is 31.7. The molecule has 0 bridgehead atoms. The summed E-state index contributed by atoms with van der Waals surface area (Å²) in [7, 11) is 0.